The van der Waals surface area contributed by atoms with Crippen LogP contribution in [0.25, 0.3) is 0 Å². The first kappa shape index (κ1) is 9.24. The van der Waals surface area contributed by atoms with Crippen molar-refractivity contribution in [2.75, 3.05) is 11.9 Å². The molecule has 1 fully saturated rings. The van der Waals surface area contributed by atoms with Gasteiger partial charge in [-0.1, -0.05) is 0 Å². The SMILES string of the molecule is Cc1cnc(NCC2CC2)n(C)c1=O. The minimum absolute atomic E-state index is 0.0262. The molecule has 1 heterocycles. The molecular formula is C10H15N3O. The Bertz CT molecular complexity index is 393. The number of aryl methyl sites for hydroxylation is 1. The fourth-order valence-corrected chi connectivity index (χ4v) is 1.38. The van der Waals surface area contributed by atoms with Gasteiger partial charge in [-0.25, -0.2) is 4.98 Å². The summed E-state index contributed by atoms with van der Waals surface area (Å²) in [6.07, 6.45) is 4.22. The second-order valence-electron chi connectivity index (χ2n) is 3.95. The molecule has 1 aliphatic rings. The number of aromatic nitrogens is 2. The highest BCUT2D eigenvalue weighted by Crippen LogP contribution is 2.28. The summed E-state index contributed by atoms with van der Waals surface area (Å²) >= 11 is 0. The van der Waals surface area contributed by atoms with Gasteiger partial charge in [-0.05, 0) is 25.7 Å². The quantitative estimate of drug-likeness (QED) is 0.776. The second kappa shape index (κ2) is 3.44. The van der Waals surface area contributed by atoms with Crippen molar-refractivity contribution < 1.29 is 0 Å². The summed E-state index contributed by atoms with van der Waals surface area (Å²) in [4.78, 5) is 15.7. The highest BCUT2D eigenvalue weighted by Gasteiger charge is 2.21. The van der Waals surface area contributed by atoms with Gasteiger partial charge >= 0.3 is 0 Å². The van der Waals surface area contributed by atoms with Gasteiger partial charge in [0.15, 0.2) is 0 Å². The number of anilines is 1. The average molecular weight is 193 g/mol. The van der Waals surface area contributed by atoms with E-state index in [1.807, 2.05) is 0 Å². The summed E-state index contributed by atoms with van der Waals surface area (Å²) in [7, 11) is 1.75. The second-order valence-corrected chi connectivity index (χ2v) is 3.95. The Morgan fingerprint density at radius 1 is 1.64 bits per heavy atom. The number of nitrogens with one attached hydrogen (secondary N) is 1. The summed E-state index contributed by atoms with van der Waals surface area (Å²) < 4.78 is 1.57. The Hall–Kier alpha value is -1.32. The Labute approximate surface area is 83.0 Å². The van der Waals surface area contributed by atoms with Gasteiger partial charge in [-0.2, -0.15) is 0 Å². The van der Waals surface area contributed by atoms with Crippen LogP contribution in [0, 0.1) is 12.8 Å². The Balaban J connectivity index is 2.16. The summed E-state index contributed by atoms with van der Waals surface area (Å²) in [5.41, 5.74) is 0.711. The van der Waals surface area contributed by atoms with Crippen molar-refractivity contribution in [2.45, 2.75) is 19.8 Å². The van der Waals surface area contributed by atoms with Crippen LogP contribution in [0.4, 0.5) is 5.95 Å². The zero-order valence-corrected chi connectivity index (χ0v) is 8.58. The van der Waals surface area contributed by atoms with E-state index in [1.165, 1.54) is 12.8 Å². The molecule has 0 atom stereocenters. The van der Waals surface area contributed by atoms with Crippen LogP contribution in [0.5, 0.6) is 0 Å². The molecule has 0 amide bonds. The van der Waals surface area contributed by atoms with Gasteiger partial charge in [0.1, 0.15) is 0 Å². The molecule has 4 heteroatoms. The zero-order chi connectivity index (χ0) is 10.1. The Kier molecular flexibility index (Phi) is 2.27. The lowest BCUT2D eigenvalue weighted by atomic mass is 10.4. The minimum Gasteiger partial charge on any atom is -0.355 e. The van der Waals surface area contributed by atoms with E-state index in [2.05, 4.69) is 10.3 Å². The lowest BCUT2D eigenvalue weighted by Crippen LogP contribution is -2.24. The van der Waals surface area contributed by atoms with E-state index in [1.54, 1.807) is 24.7 Å². The van der Waals surface area contributed by atoms with Gasteiger partial charge in [0.25, 0.3) is 5.56 Å². The van der Waals surface area contributed by atoms with Crippen LogP contribution in [-0.4, -0.2) is 16.1 Å². The number of hydrogen-bond acceptors (Lipinski definition) is 3. The van der Waals surface area contributed by atoms with E-state index in [9.17, 15) is 4.79 Å². The average Bonchev–Trinajstić information content (AvgIpc) is 2.97. The zero-order valence-electron chi connectivity index (χ0n) is 8.58. The Morgan fingerprint density at radius 3 is 3.00 bits per heavy atom. The number of rotatable bonds is 3. The summed E-state index contributed by atoms with van der Waals surface area (Å²) in [5.74, 6) is 1.46. The molecule has 0 radical (unpaired) electrons. The summed E-state index contributed by atoms with van der Waals surface area (Å²) in [5, 5.41) is 3.19. The molecule has 0 bridgehead atoms. The summed E-state index contributed by atoms with van der Waals surface area (Å²) in [6, 6.07) is 0. The smallest absolute Gasteiger partial charge is 0.257 e. The van der Waals surface area contributed by atoms with Gasteiger partial charge in [0, 0.05) is 25.4 Å². The molecule has 0 aromatic carbocycles. The monoisotopic (exact) mass is 193 g/mol. The highest BCUT2D eigenvalue weighted by atomic mass is 16.1. The van der Waals surface area contributed by atoms with Gasteiger partial charge in [-0.3, -0.25) is 9.36 Å². The van der Waals surface area contributed by atoms with Crippen LogP contribution in [0.15, 0.2) is 11.0 Å². The van der Waals surface area contributed by atoms with Gasteiger partial charge in [0.05, 0.1) is 0 Å². The maximum absolute atomic E-state index is 11.5. The van der Waals surface area contributed by atoms with Crippen LogP contribution in [0.3, 0.4) is 0 Å². The lowest BCUT2D eigenvalue weighted by Gasteiger charge is -2.09. The molecule has 1 aromatic rings. The first-order valence-corrected chi connectivity index (χ1v) is 4.95. The third-order valence-corrected chi connectivity index (χ3v) is 2.59. The van der Waals surface area contributed by atoms with E-state index in [-0.39, 0.29) is 5.56 Å². The number of hydrogen-bond donors (Lipinski definition) is 1. The molecule has 14 heavy (non-hydrogen) atoms. The van der Waals surface area contributed by atoms with Gasteiger partial charge in [0.2, 0.25) is 5.95 Å². The van der Waals surface area contributed by atoms with Crippen molar-refractivity contribution in [3.8, 4) is 0 Å². The maximum atomic E-state index is 11.5. The minimum atomic E-state index is 0.0262. The van der Waals surface area contributed by atoms with E-state index < -0.39 is 0 Å². The van der Waals surface area contributed by atoms with Crippen LogP contribution in [-0.2, 0) is 7.05 Å². The molecule has 1 saturated carbocycles. The van der Waals surface area contributed by atoms with Crippen molar-refractivity contribution >= 4 is 5.95 Å². The molecule has 0 aliphatic heterocycles. The van der Waals surface area contributed by atoms with Crippen LogP contribution in [0.2, 0.25) is 0 Å². The van der Waals surface area contributed by atoms with Crippen molar-refractivity contribution in [2.24, 2.45) is 13.0 Å². The first-order valence-electron chi connectivity index (χ1n) is 4.95. The number of nitrogens with zero attached hydrogens (tertiary/aromatic N) is 2. The lowest BCUT2D eigenvalue weighted by molar-refractivity contribution is 0.788. The normalized spacial score (nSPS) is 15.6. The molecule has 1 aliphatic carbocycles. The van der Waals surface area contributed by atoms with Crippen molar-refractivity contribution in [3.05, 3.63) is 22.1 Å². The standard InChI is InChI=1S/C10H15N3O/c1-7-5-11-10(13(2)9(7)14)12-6-8-3-4-8/h5,8H,3-4,6H2,1-2H3,(H,11,12). The van der Waals surface area contributed by atoms with Gasteiger partial charge in [-0.15, -0.1) is 0 Å². The van der Waals surface area contributed by atoms with Crippen molar-refractivity contribution in [1.82, 2.24) is 9.55 Å². The van der Waals surface area contributed by atoms with Crippen LogP contribution >= 0.6 is 0 Å². The topological polar surface area (TPSA) is 46.9 Å². The van der Waals surface area contributed by atoms with Crippen molar-refractivity contribution in [1.29, 1.82) is 0 Å². The Morgan fingerprint density at radius 2 is 2.36 bits per heavy atom. The molecule has 1 aromatic heterocycles. The first-order chi connectivity index (χ1) is 6.68. The largest absolute Gasteiger partial charge is 0.355 e. The van der Waals surface area contributed by atoms with E-state index in [0.717, 1.165) is 12.5 Å². The molecule has 0 unspecified atom stereocenters. The molecule has 2 rings (SSSR count). The highest BCUT2D eigenvalue weighted by molar-refractivity contribution is 5.27. The van der Waals surface area contributed by atoms with Crippen molar-refractivity contribution in [3.63, 3.8) is 0 Å². The molecule has 1 N–H and O–H groups in total. The van der Waals surface area contributed by atoms with Crippen LogP contribution < -0.4 is 10.9 Å². The van der Waals surface area contributed by atoms with E-state index >= 15 is 0 Å². The molecule has 76 valence electrons. The predicted molar refractivity (Wildman–Crippen MR) is 55.4 cm³/mol. The fourth-order valence-electron chi connectivity index (χ4n) is 1.38. The third kappa shape index (κ3) is 1.78. The maximum Gasteiger partial charge on any atom is 0.257 e. The van der Waals surface area contributed by atoms with Gasteiger partial charge < -0.3 is 5.32 Å². The molecule has 0 spiro atoms. The fraction of sp³-hybridized carbons (Fsp3) is 0.600. The summed E-state index contributed by atoms with van der Waals surface area (Å²) in [6.45, 7) is 2.71. The third-order valence-electron chi connectivity index (χ3n) is 2.59. The molecule has 4 nitrogen and oxygen atoms in total. The molecular weight excluding hydrogens is 178 g/mol. The molecule has 0 saturated heterocycles. The van der Waals surface area contributed by atoms with E-state index in [0.29, 0.717) is 11.5 Å². The predicted octanol–water partition coefficient (Wildman–Crippen LogP) is 0.911. The van der Waals surface area contributed by atoms with E-state index in [4.69, 9.17) is 0 Å². The van der Waals surface area contributed by atoms with Crippen LogP contribution in [0.1, 0.15) is 18.4 Å².